The van der Waals surface area contributed by atoms with Gasteiger partial charge in [0.15, 0.2) is 11.6 Å². The van der Waals surface area contributed by atoms with Gasteiger partial charge in [0.05, 0.1) is 10.4 Å². The largest absolute Gasteiger partial charge is 0.299 e. The molecule has 1 aliphatic rings. The number of pyridine rings is 2. The maximum Gasteiger partial charge on any atom is 0.212 e. The zero-order valence-corrected chi connectivity index (χ0v) is 21.4. The van der Waals surface area contributed by atoms with Crippen LogP contribution in [0, 0.1) is 17.6 Å². The molecule has 4 rings (SSSR count). The smallest absolute Gasteiger partial charge is 0.212 e. The maximum atomic E-state index is 14.0. The Balaban J connectivity index is 1.48. The lowest BCUT2D eigenvalue weighted by molar-refractivity contribution is 0.204. The summed E-state index contributed by atoms with van der Waals surface area (Å²) in [6, 6.07) is 10.4. The van der Waals surface area contributed by atoms with Crippen molar-refractivity contribution in [2.45, 2.75) is 50.8 Å². The Morgan fingerprint density at radius 2 is 1.75 bits per heavy atom. The summed E-state index contributed by atoms with van der Waals surface area (Å²) in [5.74, 6) is -2.06. The number of rotatable bonds is 6. The first-order valence-electron chi connectivity index (χ1n) is 11.9. The molecule has 0 bridgehead atoms. The molecule has 1 atom stereocenters. The molecule has 0 radical (unpaired) electrons. The molecule has 190 valence electrons. The Morgan fingerprint density at radius 1 is 1.00 bits per heavy atom. The lowest BCUT2D eigenvalue weighted by atomic mass is 9.90. The van der Waals surface area contributed by atoms with Gasteiger partial charge in [-0.2, -0.15) is 8.79 Å². The van der Waals surface area contributed by atoms with Gasteiger partial charge in [-0.25, -0.2) is 18.0 Å². The number of halogens is 3. The number of benzene rings is 1. The molecule has 3 aromatic rings. The van der Waals surface area contributed by atoms with Crippen molar-refractivity contribution in [3.8, 4) is 0 Å². The van der Waals surface area contributed by atoms with Crippen LogP contribution in [-0.4, -0.2) is 42.6 Å². The fourth-order valence-corrected chi connectivity index (χ4v) is 4.72. The summed E-state index contributed by atoms with van der Waals surface area (Å²) in [6.07, 6.45) is 5.28. The highest BCUT2D eigenvalue weighted by Crippen LogP contribution is 2.28. The molecule has 2 aromatic heterocycles. The van der Waals surface area contributed by atoms with Gasteiger partial charge < -0.3 is 0 Å². The molecular weight excluding hydrogens is 485 g/mol. The highest BCUT2D eigenvalue weighted by Gasteiger charge is 2.23. The van der Waals surface area contributed by atoms with E-state index in [1.807, 2.05) is 12.1 Å². The van der Waals surface area contributed by atoms with E-state index < -0.39 is 33.3 Å². The van der Waals surface area contributed by atoms with Gasteiger partial charge >= 0.3 is 0 Å². The summed E-state index contributed by atoms with van der Waals surface area (Å²) < 4.78 is 57.0. The molecule has 1 aromatic carbocycles. The van der Waals surface area contributed by atoms with Crippen LogP contribution in [0.25, 0.3) is 0 Å². The van der Waals surface area contributed by atoms with Gasteiger partial charge in [0, 0.05) is 24.5 Å². The molecule has 36 heavy (non-hydrogen) atoms. The first-order valence-corrected chi connectivity index (χ1v) is 13.0. The van der Waals surface area contributed by atoms with Crippen LogP contribution in [0.2, 0.25) is 0 Å². The predicted molar refractivity (Wildman–Crippen MR) is 136 cm³/mol. The molecule has 0 N–H and O–H groups in total. The second kappa shape index (κ2) is 11.0. The zero-order chi connectivity index (χ0) is 25.9. The summed E-state index contributed by atoms with van der Waals surface area (Å²) in [4.78, 5) is 10.6. The molecule has 0 unspecified atom stereocenters. The van der Waals surface area contributed by atoms with Crippen LogP contribution in [-0.2, 0) is 17.5 Å². The van der Waals surface area contributed by atoms with E-state index >= 15 is 0 Å². The molecule has 5 nitrogen and oxygen atoms in total. The van der Waals surface area contributed by atoms with E-state index in [0.29, 0.717) is 23.7 Å². The average molecular weight is 515 g/mol. The maximum absolute atomic E-state index is 14.0. The highest BCUT2D eigenvalue weighted by atomic mass is 32.2. The van der Waals surface area contributed by atoms with Crippen LogP contribution >= 0.6 is 0 Å². The van der Waals surface area contributed by atoms with Gasteiger partial charge in [-0.05, 0) is 94.1 Å². The van der Waals surface area contributed by atoms with E-state index in [9.17, 15) is 17.4 Å². The van der Waals surface area contributed by atoms with Gasteiger partial charge in [-0.1, -0.05) is 12.1 Å². The van der Waals surface area contributed by atoms with E-state index in [2.05, 4.69) is 19.3 Å². The van der Waals surface area contributed by atoms with E-state index in [4.69, 9.17) is 0 Å². The Labute approximate surface area is 212 Å². The Morgan fingerprint density at radius 3 is 2.33 bits per heavy atom. The van der Waals surface area contributed by atoms with Crippen LogP contribution in [0.15, 0.2) is 59.3 Å². The molecule has 0 aliphatic carbocycles. The number of hydrogen-bond donors (Lipinski definition) is 0. The molecule has 1 fully saturated rings. The summed E-state index contributed by atoms with van der Waals surface area (Å²) >= 11 is 0. The molecule has 3 heterocycles. The normalized spacial score (nSPS) is 16.8. The number of hydrogen-bond acceptors (Lipinski definition) is 4. The van der Waals surface area contributed by atoms with E-state index in [-0.39, 0.29) is 5.71 Å². The van der Waals surface area contributed by atoms with Crippen LogP contribution < -0.4 is 0 Å². The monoisotopic (exact) mass is 514 g/mol. The van der Waals surface area contributed by atoms with Gasteiger partial charge in [-0.3, -0.25) is 9.88 Å². The van der Waals surface area contributed by atoms with Gasteiger partial charge in [-0.15, -0.1) is 0 Å². The van der Waals surface area contributed by atoms with Crippen molar-refractivity contribution in [1.29, 1.82) is 0 Å². The van der Waals surface area contributed by atoms with Crippen molar-refractivity contribution >= 4 is 16.7 Å². The fraction of sp³-hybridized carbons (Fsp3) is 0.370. The topological polar surface area (TPSA) is 58.5 Å². The third kappa shape index (κ3) is 6.44. The van der Waals surface area contributed by atoms with Crippen molar-refractivity contribution in [2.75, 3.05) is 13.1 Å². The molecule has 1 aliphatic heterocycles. The van der Waals surface area contributed by atoms with Crippen molar-refractivity contribution < 1.29 is 17.4 Å². The highest BCUT2D eigenvalue weighted by molar-refractivity contribution is 7.85. The minimum Gasteiger partial charge on any atom is -0.299 e. The summed E-state index contributed by atoms with van der Waals surface area (Å²) in [5, 5.41) is 0. The van der Waals surface area contributed by atoms with Gasteiger partial charge in [0.1, 0.15) is 16.7 Å². The zero-order valence-electron chi connectivity index (χ0n) is 20.5. The lowest BCUT2D eigenvalue weighted by Gasteiger charge is -2.32. The number of piperidine rings is 1. The Bertz CT molecular complexity index is 1250. The van der Waals surface area contributed by atoms with Crippen molar-refractivity contribution in [2.24, 2.45) is 4.40 Å². The molecule has 0 saturated carbocycles. The SMILES string of the molecule is CC(C)(C)[S@@](=O)N=C(c1ccc(F)c(F)c1)c1ccc(CN2CCC(c3ccc(F)nc3)CC2)cn1. The first kappa shape index (κ1) is 26.2. The molecule has 1 saturated heterocycles. The standard InChI is InChI=1S/C27H29F3N4OS/c1-27(2,3)36(35)33-26(20-5-7-22(28)23(29)14-20)24-8-4-18(15-31-24)17-34-12-10-19(11-13-34)21-6-9-25(30)32-16-21/h4-9,14-16,19H,10-13,17H2,1-3H3/t36-/m1/s1. The minimum absolute atomic E-state index is 0.252. The van der Waals surface area contributed by atoms with Crippen LogP contribution in [0.5, 0.6) is 0 Å². The first-order chi connectivity index (χ1) is 17.1. The van der Waals surface area contributed by atoms with Gasteiger partial charge in [0.25, 0.3) is 0 Å². The lowest BCUT2D eigenvalue weighted by Crippen LogP contribution is -2.32. The molecule has 0 amide bonds. The number of nitrogens with zero attached hydrogens (tertiary/aromatic N) is 4. The quantitative estimate of drug-likeness (QED) is 0.319. The fourth-order valence-electron chi connectivity index (χ4n) is 4.08. The van der Waals surface area contributed by atoms with Crippen molar-refractivity contribution in [1.82, 2.24) is 14.9 Å². The minimum atomic E-state index is -1.61. The van der Waals surface area contributed by atoms with Crippen LogP contribution in [0.4, 0.5) is 13.2 Å². The van der Waals surface area contributed by atoms with Crippen LogP contribution in [0.3, 0.4) is 0 Å². The number of likely N-dealkylation sites (tertiary alicyclic amines) is 1. The Hall–Kier alpha value is -2.91. The van der Waals surface area contributed by atoms with Crippen molar-refractivity contribution in [3.05, 3.63) is 94.8 Å². The predicted octanol–water partition coefficient (Wildman–Crippen LogP) is 5.57. The molecule has 9 heteroatoms. The molecular formula is C27H29F3N4OS. The van der Waals surface area contributed by atoms with E-state index in [1.54, 1.807) is 39.2 Å². The average Bonchev–Trinajstić information content (AvgIpc) is 2.85. The van der Waals surface area contributed by atoms with Gasteiger partial charge in [0.2, 0.25) is 5.95 Å². The van der Waals surface area contributed by atoms with E-state index in [0.717, 1.165) is 49.2 Å². The molecule has 0 spiro atoms. The van der Waals surface area contributed by atoms with Crippen molar-refractivity contribution in [3.63, 3.8) is 0 Å². The Kier molecular flexibility index (Phi) is 8.00. The second-order valence-corrected chi connectivity index (χ2v) is 11.9. The van der Waals surface area contributed by atoms with Crippen LogP contribution in [0.1, 0.15) is 61.9 Å². The number of aromatic nitrogens is 2. The summed E-state index contributed by atoms with van der Waals surface area (Å²) in [5.41, 5.74) is 3.07. The summed E-state index contributed by atoms with van der Waals surface area (Å²) in [7, 11) is -1.61. The van der Waals surface area contributed by atoms with E-state index in [1.165, 1.54) is 12.1 Å². The second-order valence-electron chi connectivity index (χ2n) is 9.95. The third-order valence-electron chi connectivity index (χ3n) is 6.17. The third-order valence-corrected chi connectivity index (χ3v) is 7.57. The summed E-state index contributed by atoms with van der Waals surface area (Å²) in [6.45, 7) is 7.89.